The SMILES string of the molecule is Cc1cnc(-n2ncc(C(=O)N[C@H]3CCCCNC3=O)c2C2CC2)nc1-c1cccs1. The van der Waals surface area contributed by atoms with Gasteiger partial charge < -0.3 is 10.6 Å². The summed E-state index contributed by atoms with van der Waals surface area (Å²) in [4.78, 5) is 35.7. The zero-order chi connectivity index (χ0) is 21.4. The first-order valence-corrected chi connectivity index (χ1v) is 11.5. The third-order valence-electron chi connectivity index (χ3n) is 5.76. The lowest BCUT2D eigenvalue weighted by molar-refractivity contribution is -0.122. The smallest absolute Gasteiger partial charge is 0.255 e. The predicted octanol–water partition coefficient (Wildman–Crippen LogP) is 2.98. The van der Waals surface area contributed by atoms with Crippen LogP contribution in [0.2, 0.25) is 0 Å². The first-order valence-electron chi connectivity index (χ1n) is 10.7. The highest BCUT2D eigenvalue weighted by atomic mass is 32.1. The maximum atomic E-state index is 13.1. The van der Waals surface area contributed by atoms with E-state index in [1.807, 2.05) is 24.4 Å². The van der Waals surface area contributed by atoms with Gasteiger partial charge in [-0.1, -0.05) is 6.07 Å². The van der Waals surface area contributed by atoms with Crippen molar-refractivity contribution in [2.24, 2.45) is 0 Å². The van der Waals surface area contributed by atoms with Crippen molar-refractivity contribution < 1.29 is 9.59 Å². The number of hydrogen-bond donors (Lipinski definition) is 2. The molecule has 1 saturated carbocycles. The largest absolute Gasteiger partial charge is 0.354 e. The highest BCUT2D eigenvalue weighted by molar-refractivity contribution is 7.13. The summed E-state index contributed by atoms with van der Waals surface area (Å²) in [6, 6.07) is 3.52. The molecule has 0 spiro atoms. The molecule has 3 aromatic rings. The van der Waals surface area contributed by atoms with E-state index in [9.17, 15) is 9.59 Å². The number of carbonyl (C=O) groups is 2. The van der Waals surface area contributed by atoms with Crippen LogP contribution in [0.15, 0.2) is 29.9 Å². The third kappa shape index (κ3) is 3.97. The second kappa shape index (κ2) is 8.22. The van der Waals surface area contributed by atoms with Crippen molar-refractivity contribution in [1.82, 2.24) is 30.4 Å². The standard InChI is InChI=1S/C22H24N6O2S/c1-13-11-24-22(27-18(13)17-6-4-10-31-17)28-19(14-7-8-14)15(12-25-28)20(29)26-16-5-2-3-9-23-21(16)30/h4,6,10-12,14,16H,2-3,5,7-9H2,1H3,(H,23,30)(H,26,29)/t16-/m0/s1. The monoisotopic (exact) mass is 436 g/mol. The fraction of sp³-hybridized carbons (Fsp3) is 0.409. The van der Waals surface area contributed by atoms with Crippen molar-refractivity contribution in [2.75, 3.05) is 6.54 Å². The Labute approximate surface area is 184 Å². The van der Waals surface area contributed by atoms with Crippen molar-refractivity contribution in [3.8, 4) is 16.5 Å². The van der Waals surface area contributed by atoms with Crippen molar-refractivity contribution in [2.45, 2.75) is 51.0 Å². The van der Waals surface area contributed by atoms with Crippen LogP contribution in [0, 0.1) is 6.92 Å². The van der Waals surface area contributed by atoms with Crippen LogP contribution in [0.5, 0.6) is 0 Å². The Bertz CT molecular complexity index is 1120. The number of aromatic nitrogens is 4. The van der Waals surface area contributed by atoms with Crippen LogP contribution in [0.25, 0.3) is 16.5 Å². The lowest BCUT2D eigenvalue weighted by atomic mass is 10.1. The van der Waals surface area contributed by atoms with Crippen LogP contribution < -0.4 is 10.6 Å². The van der Waals surface area contributed by atoms with Gasteiger partial charge in [0.25, 0.3) is 11.9 Å². The normalized spacial score (nSPS) is 19.0. The fourth-order valence-electron chi connectivity index (χ4n) is 3.95. The van der Waals surface area contributed by atoms with E-state index in [2.05, 4.69) is 20.7 Å². The molecule has 4 heterocycles. The van der Waals surface area contributed by atoms with Gasteiger partial charge in [0.15, 0.2) is 0 Å². The lowest BCUT2D eigenvalue weighted by Gasteiger charge is -2.15. The predicted molar refractivity (Wildman–Crippen MR) is 117 cm³/mol. The number of nitrogens with zero attached hydrogens (tertiary/aromatic N) is 4. The number of nitrogens with one attached hydrogen (secondary N) is 2. The molecule has 1 aliphatic carbocycles. The second-order valence-electron chi connectivity index (χ2n) is 8.12. The van der Waals surface area contributed by atoms with E-state index in [1.54, 1.807) is 28.4 Å². The number of aryl methyl sites for hydroxylation is 1. The molecule has 2 amide bonds. The highest BCUT2D eigenvalue weighted by Gasteiger charge is 2.34. The molecule has 0 aromatic carbocycles. The van der Waals surface area contributed by atoms with Gasteiger partial charge in [0.1, 0.15) is 6.04 Å². The molecular weight excluding hydrogens is 412 g/mol. The molecule has 0 bridgehead atoms. The van der Waals surface area contributed by atoms with E-state index >= 15 is 0 Å². The number of hydrogen-bond acceptors (Lipinski definition) is 6. The zero-order valence-electron chi connectivity index (χ0n) is 17.3. The van der Waals surface area contributed by atoms with Gasteiger partial charge in [-0.2, -0.15) is 5.10 Å². The van der Waals surface area contributed by atoms with Crippen LogP contribution in [-0.2, 0) is 4.79 Å². The second-order valence-corrected chi connectivity index (χ2v) is 9.07. The lowest BCUT2D eigenvalue weighted by Crippen LogP contribution is -2.45. The molecule has 5 rings (SSSR count). The average Bonchev–Trinajstić information content (AvgIpc) is 3.33. The van der Waals surface area contributed by atoms with E-state index in [-0.39, 0.29) is 17.7 Å². The van der Waals surface area contributed by atoms with Crippen LogP contribution >= 0.6 is 11.3 Å². The van der Waals surface area contributed by atoms with Gasteiger partial charge in [0.05, 0.1) is 28.0 Å². The Morgan fingerprint density at radius 2 is 2.13 bits per heavy atom. The quantitative estimate of drug-likeness (QED) is 0.640. The van der Waals surface area contributed by atoms with Gasteiger partial charge in [-0.25, -0.2) is 14.6 Å². The Balaban J connectivity index is 1.47. The summed E-state index contributed by atoms with van der Waals surface area (Å²) in [6.07, 6.45) is 7.85. The number of carbonyl (C=O) groups excluding carboxylic acids is 2. The van der Waals surface area contributed by atoms with Gasteiger partial charge in [0.2, 0.25) is 5.91 Å². The Hall–Kier alpha value is -3.07. The average molecular weight is 437 g/mol. The number of rotatable bonds is 5. The van der Waals surface area contributed by atoms with Crippen LogP contribution in [-0.4, -0.2) is 44.1 Å². The molecule has 2 N–H and O–H groups in total. The van der Waals surface area contributed by atoms with Gasteiger partial charge in [-0.3, -0.25) is 9.59 Å². The first kappa shape index (κ1) is 19.9. The van der Waals surface area contributed by atoms with E-state index in [0.29, 0.717) is 24.5 Å². The minimum absolute atomic E-state index is 0.117. The molecule has 160 valence electrons. The summed E-state index contributed by atoms with van der Waals surface area (Å²) < 4.78 is 1.69. The number of thiophene rings is 1. The molecule has 9 heteroatoms. The topological polar surface area (TPSA) is 102 Å². The van der Waals surface area contributed by atoms with E-state index in [4.69, 9.17) is 4.98 Å². The van der Waals surface area contributed by atoms with Gasteiger partial charge in [-0.05, 0) is 56.0 Å². The zero-order valence-corrected chi connectivity index (χ0v) is 18.1. The molecule has 8 nitrogen and oxygen atoms in total. The summed E-state index contributed by atoms with van der Waals surface area (Å²) in [5.41, 5.74) is 3.19. The fourth-order valence-corrected chi connectivity index (χ4v) is 4.73. The summed E-state index contributed by atoms with van der Waals surface area (Å²) in [5.74, 6) is 0.331. The first-order chi connectivity index (χ1) is 15.1. The van der Waals surface area contributed by atoms with Crippen molar-refractivity contribution in [3.05, 3.63) is 46.7 Å². The summed E-state index contributed by atoms with van der Waals surface area (Å²) in [5, 5.41) is 12.3. The summed E-state index contributed by atoms with van der Waals surface area (Å²) >= 11 is 1.63. The molecule has 0 radical (unpaired) electrons. The van der Waals surface area contributed by atoms with Crippen LogP contribution in [0.4, 0.5) is 0 Å². The summed E-state index contributed by atoms with van der Waals surface area (Å²) in [6.45, 7) is 2.65. The Morgan fingerprint density at radius 1 is 1.26 bits per heavy atom. The molecule has 2 fully saturated rings. The third-order valence-corrected chi connectivity index (χ3v) is 6.64. The highest BCUT2D eigenvalue weighted by Crippen LogP contribution is 2.42. The van der Waals surface area contributed by atoms with E-state index < -0.39 is 6.04 Å². The molecule has 1 aliphatic heterocycles. The minimum Gasteiger partial charge on any atom is -0.354 e. The molecule has 3 aromatic heterocycles. The number of amides is 2. The van der Waals surface area contributed by atoms with Crippen molar-refractivity contribution in [3.63, 3.8) is 0 Å². The molecule has 1 saturated heterocycles. The summed E-state index contributed by atoms with van der Waals surface area (Å²) in [7, 11) is 0. The van der Waals surface area contributed by atoms with E-state index in [1.165, 1.54) is 0 Å². The van der Waals surface area contributed by atoms with Crippen LogP contribution in [0.1, 0.15) is 59.6 Å². The van der Waals surface area contributed by atoms with Crippen molar-refractivity contribution in [1.29, 1.82) is 0 Å². The van der Waals surface area contributed by atoms with Crippen molar-refractivity contribution >= 4 is 23.2 Å². The minimum atomic E-state index is -0.508. The molecule has 1 atom stereocenters. The molecule has 0 unspecified atom stereocenters. The van der Waals surface area contributed by atoms with Gasteiger partial charge in [-0.15, -0.1) is 11.3 Å². The van der Waals surface area contributed by atoms with Crippen LogP contribution in [0.3, 0.4) is 0 Å². The Morgan fingerprint density at radius 3 is 2.90 bits per heavy atom. The van der Waals surface area contributed by atoms with E-state index in [0.717, 1.165) is 47.5 Å². The van der Waals surface area contributed by atoms with Gasteiger partial charge >= 0.3 is 0 Å². The van der Waals surface area contributed by atoms with Gasteiger partial charge in [0, 0.05) is 18.7 Å². The molecule has 2 aliphatic rings. The maximum Gasteiger partial charge on any atom is 0.255 e. The maximum absolute atomic E-state index is 13.1. The molecular formula is C22H24N6O2S. The molecule has 31 heavy (non-hydrogen) atoms. The Kier molecular flexibility index (Phi) is 5.27.